The predicted molar refractivity (Wildman–Crippen MR) is 84.5 cm³/mol. The third kappa shape index (κ3) is 5.92. The van der Waals surface area contributed by atoms with Crippen molar-refractivity contribution in [1.29, 1.82) is 0 Å². The second kappa shape index (κ2) is 9.15. The molecule has 0 fully saturated rings. The number of nitrogens with zero attached hydrogens (tertiary/aromatic N) is 1. The number of halogens is 9. The van der Waals surface area contributed by atoms with Gasteiger partial charge in [0.2, 0.25) is 0 Å². The van der Waals surface area contributed by atoms with Gasteiger partial charge in [0.25, 0.3) is 10.0 Å². The molecule has 0 radical (unpaired) electrons. The number of rotatable bonds is 12. The Morgan fingerprint density at radius 1 is 0.774 bits per heavy atom. The summed E-state index contributed by atoms with van der Waals surface area (Å²) in [7, 11) is -21.0. The fourth-order valence-electron chi connectivity index (χ4n) is 1.65. The Hall–Kier alpha value is -0.900. The lowest BCUT2D eigenvalue weighted by Crippen LogP contribution is -2.63. The lowest BCUT2D eigenvalue weighted by atomic mass is 10.3. The van der Waals surface area contributed by atoms with Crippen molar-refractivity contribution in [3.63, 3.8) is 0 Å². The Balaban J connectivity index is 6.02. The first-order valence-corrected chi connectivity index (χ1v) is 11.8. The highest BCUT2D eigenvalue weighted by Crippen LogP contribution is 2.51. The molecule has 0 aliphatic carbocycles. The van der Waals surface area contributed by atoms with Crippen LogP contribution < -0.4 is 4.72 Å². The molecule has 0 heterocycles. The van der Waals surface area contributed by atoms with Crippen LogP contribution in [0.4, 0.5) is 39.5 Å². The van der Waals surface area contributed by atoms with Gasteiger partial charge in [-0.25, -0.2) is 13.1 Å². The molecule has 0 saturated heterocycles. The van der Waals surface area contributed by atoms with Crippen molar-refractivity contribution in [2.24, 2.45) is 0 Å². The van der Waals surface area contributed by atoms with Crippen LogP contribution in [-0.2, 0) is 33.9 Å². The zero-order valence-corrected chi connectivity index (χ0v) is 17.7. The van der Waals surface area contributed by atoms with Crippen LogP contribution in [0.25, 0.3) is 0 Å². The molecule has 0 spiro atoms. The van der Waals surface area contributed by atoms with Crippen molar-refractivity contribution in [1.82, 2.24) is 9.62 Å². The van der Waals surface area contributed by atoms with Gasteiger partial charge in [0.15, 0.2) is 0 Å². The van der Waals surface area contributed by atoms with Crippen molar-refractivity contribution in [2.75, 3.05) is 26.7 Å². The number of likely N-dealkylation sites (N-methyl/N-ethyl adjacent to an activating group) is 1. The first kappa shape index (κ1) is 30.1. The summed E-state index contributed by atoms with van der Waals surface area (Å²) in [6, 6.07) is 0. The highest BCUT2D eigenvalue weighted by molar-refractivity contribution is 8.00. The average molecular weight is 542 g/mol. The fraction of sp³-hybridized carbons (Fsp3) is 1.00. The van der Waals surface area contributed by atoms with E-state index in [1.807, 2.05) is 3.63 Å². The van der Waals surface area contributed by atoms with Crippen molar-refractivity contribution >= 4 is 30.3 Å². The zero-order valence-electron chi connectivity index (χ0n) is 15.3. The lowest BCUT2D eigenvalue weighted by Gasteiger charge is -2.31. The molecule has 0 aliphatic heterocycles. The highest BCUT2D eigenvalue weighted by Gasteiger charge is 2.83. The standard InChI is InChI=1S/C10H15F9N2O7S3/c1-3-5-21(2)6-4-20-29(22,23)8(13,14)7(11,12)9(15,16)30(24,25)28-31(26,27)10(17,18)19/h20H,3-6H2,1-2H3. The van der Waals surface area contributed by atoms with E-state index in [1.54, 1.807) is 6.92 Å². The fourth-order valence-corrected chi connectivity index (χ4v) is 4.76. The van der Waals surface area contributed by atoms with Gasteiger partial charge in [0, 0.05) is 13.1 Å². The molecule has 0 amide bonds. The molecule has 0 aromatic carbocycles. The summed E-state index contributed by atoms with van der Waals surface area (Å²) >= 11 is 0. The van der Waals surface area contributed by atoms with Crippen LogP contribution in [0.5, 0.6) is 0 Å². The minimum absolute atomic E-state index is 0.273. The number of sulfonamides is 1. The third-order valence-corrected chi connectivity index (χ3v) is 7.64. The number of nitrogens with one attached hydrogen (secondary N) is 1. The van der Waals surface area contributed by atoms with Gasteiger partial charge in [0.05, 0.1) is 0 Å². The zero-order chi connectivity index (χ0) is 25.3. The molecule has 21 heteroatoms. The van der Waals surface area contributed by atoms with Crippen LogP contribution in [0.2, 0.25) is 0 Å². The van der Waals surface area contributed by atoms with E-state index in [2.05, 4.69) is 0 Å². The Kier molecular flexibility index (Phi) is 8.89. The number of hydrogen-bond donors (Lipinski definition) is 1. The molecule has 9 nitrogen and oxygen atoms in total. The van der Waals surface area contributed by atoms with Crippen LogP contribution in [0.3, 0.4) is 0 Å². The van der Waals surface area contributed by atoms with Crippen molar-refractivity contribution in [3.05, 3.63) is 0 Å². The molecule has 0 bridgehead atoms. The van der Waals surface area contributed by atoms with Gasteiger partial charge in [-0.15, -0.1) is 3.63 Å². The maximum Gasteiger partial charge on any atom is 0.524 e. The second-order valence-corrected chi connectivity index (χ2v) is 10.9. The Bertz CT molecular complexity index is 946. The minimum Gasteiger partial charge on any atom is -0.305 e. The largest absolute Gasteiger partial charge is 0.524 e. The molecule has 1 N–H and O–H groups in total. The normalized spacial score (nSPS) is 15.5. The second-order valence-electron chi connectivity index (χ2n) is 5.73. The minimum atomic E-state index is -8.01. The molecular weight excluding hydrogens is 527 g/mol. The van der Waals surface area contributed by atoms with E-state index in [0.717, 1.165) is 4.72 Å². The molecule has 0 aromatic heterocycles. The summed E-state index contributed by atoms with van der Waals surface area (Å²) in [5, 5.41) is -14.4. The summed E-state index contributed by atoms with van der Waals surface area (Å²) < 4.78 is 187. The van der Waals surface area contributed by atoms with Crippen LogP contribution in [0.15, 0.2) is 0 Å². The van der Waals surface area contributed by atoms with Gasteiger partial charge in [-0.2, -0.15) is 56.3 Å². The predicted octanol–water partition coefficient (Wildman–Crippen LogP) is 1.26. The van der Waals surface area contributed by atoms with Gasteiger partial charge < -0.3 is 4.90 Å². The van der Waals surface area contributed by atoms with Crippen LogP contribution in [0, 0.1) is 0 Å². The quantitative estimate of drug-likeness (QED) is 0.289. The van der Waals surface area contributed by atoms with Crippen molar-refractivity contribution in [2.45, 2.75) is 35.3 Å². The van der Waals surface area contributed by atoms with Crippen LogP contribution in [0.1, 0.15) is 13.3 Å². The summed E-state index contributed by atoms with van der Waals surface area (Å²) in [5.74, 6) is -7.49. The van der Waals surface area contributed by atoms with E-state index < -0.39 is 65.3 Å². The van der Waals surface area contributed by atoms with Crippen LogP contribution in [-0.4, -0.2) is 78.8 Å². The van der Waals surface area contributed by atoms with E-state index in [4.69, 9.17) is 0 Å². The number of alkyl halides is 9. The molecule has 0 aliphatic rings. The molecule has 31 heavy (non-hydrogen) atoms. The summed E-state index contributed by atoms with van der Waals surface area (Å²) in [6.45, 7) is 0.493. The smallest absolute Gasteiger partial charge is 0.305 e. The van der Waals surface area contributed by atoms with Crippen molar-refractivity contribution in [3.8, 4) is 0 Å². The van der Waals surface area contributed by atoms with Crippen LogP contribution >= 0.6 is 0 Å². The molecular formula is C10H15F9N2O7S3. The highest BCUT2D eigenvalue weighted by atomic mass is 32.3. The molecule has 0 rings (SSSR count). The van der Waals surface area contributed by atoms with Gasteiger partial charge in [-0.3, -0.25) is 0 Å². The summed E-state index contributed by atoms with van der Waals surface area (Å²) in [6.07, 6.45) is 0.488. The van der Waals surface area contributed by atoms with E-state index in [0.29, 0.717) is 6.42 Å². The lowest BCUT2D eigenvalue weighted by molar-refractivity contribution is -0.245. The molecule has 0 atom stereocenters. The first-order valence-electron chi connectivity index (χ1n) is 7.49. The summed E-state index contributed by atoms with van der Waals surface area (Å²) in [5.41, 5.74) is -6.73. The molecule has 0 saturated carbocycles. The third-order valence-electron chi connectivity index (χ3n) is 3.24. The SMILES string of the molecule is CCCN(C)CCNS(=O)(=O)C(F)(F)C(F)(F)C(F)(F)S(=O)(=O)OS(=O)(=O)C(F)(F)F. The molecule has 188 valence electrons. The monoisotopic (exact) mass is 542 g/mol. The van der Waals surface area contributed by atoms with E-state index >= 15 is 0 Å². The average Bonchev–Trinajstić information content (AvgIpc) is 2.52. The number of hydrogen-bond acceptors (Lipinski definition) is 8. The Morgan fingerprint density at radius 2 is 1.23 bits per heavy atom. The molecule has 0 aromatic rings. The summed E-state index contributed by atoms with van der Waals surface area (Å²) in [4.78, 5) is 1.30. The van der Waals surface area contributed by atoms with E-state index in [9.17, 15) is 64.8 Å². The first-order chi connectivity index (χ1) is 13.4. The van der Waals surface area contributed by atoms with Gasteiger partial charge in [-0.05, 0) is 20.0 Å². The van der Waals surface area contributed by atoms with Crippen molar-refractivity contribution < 1.29 is 68.4 Å². The van der Waals surface area contributed by atoms with Gasteiger partial charge in [-0.1, -0.05) is 6.92 Å². The topological polar surface area (TPSA) is 127 Å². The van der Waals surface area contributed by atoms with Gasteiger partial charge in [0.1, 0.15) is 0 Å². The Labute approximate surface area is 170 Å². The maximum absolute atomic E-state index is 13.8. The maximum atomic E-state index is 13.8. The Morgan fingerprint density at radius 3 is 1.61 bits per heavy atom. The molecule has 0 unspecified atom stereocenters. The van der Waals surface area contributed by atoms with E-state index in [1.165, 1.54) is 11.9 Å². The van der Waals surface area contributed by atoms with E-state index in [-0.39, 0.29) is 6.54 Å². The van der Waals surface area contributed by atoms with Gasteiger partial charge >= 0.3 is 42.2 Å².